The Morgan fingerprint density at radius 3 is 2.39 bits per heavy atom. The second-order valence-corrected chi connectivity index (χ2v) is 11.7. The highest BCUT2D eigenvalue weighted by molar-refractivity contribution is 6.11. The molecule has 7 rings (SSSR count). The topological polar surface area (TPSA) is 64.4 Å². The number of ether oxygens (including phenoxy) is 1. The number of benzene rings is 4. The van der Waals surface area contributed by atoms with Crippen LogP contribution in [0.1, 0.15) is 68.7 Å². The van der Waals surface area contributed by atoms with Crippen LogP contribution in [0.5, 0.6) is 5.75 Å². The van der Waals surface area contributed by atoms with E-state index in [-0.39, 0.29) is 5.60 Å². The van der Waals surface area contributed by atoms with Crippen molar-refractivity contribution in [3.63, 3.8) is 0 Å². The fourth-order valence-electron chi connectivity index (χ4n) is 7.03. The summed E-state index contributed by atoms with van der Waals surface area (Å²) in [4.78, 5) is 22.4. The van der Waals surface area contributed by atoms with Gasteiger partial charge in [0.25, 0.3) is 0 Å². The summed E-state index contributed by atoms with van der Waals surface area (Å²) in [5, 5.41) is 5.60. The van der Waals surface area contributed by atoms with E-state index in [0.717, 1.165) is 62.6 Å². The molecule has 0 radical (unpaired) electrons. The molecule has 0 spiro atoms. The van der Waals surface area contributed by atoms with Crippen molar-refractivity contribution >= 4 is 32.8 Å². The van der Waals surface area contributed by atoms with E-state index in [1.54, 1.807) is 0 Å². The van der Waals surface area contributed by atoms with E-state index in [1.165, 1.54) is 12.0 Å². The third kappa shape index (κ3) is 3.52. The van der Waals surface area contributed by atoms with Crippen LogP contribution in [0.25, 0.3) is 32.8 Å². The molecule has 1 aliphatic heterocycles. The molecule has 4 aromatic carbocycles. The Labute approximate surface area is 222 Å². The van der Waals surface area contributed by atoms with Gasteiger partial charge in [-0.2, -0.15) is 0 Å². The lowest BCUT2D eigenvalue weighted by molar-refractivity contribution is -0.0115. The summed E-state index contributed by atoms with van der Waals surface area (Å²) in [6, 6.07) is 23.4. The molecular weight excluding hydrogens is 470 g/mol. The lowest BCUT2D eigenvalue weighted by Gasteiger charge is -2.49. The molecule has 0 N–H and O–H groups in total. The van der Waals surface area contributed by atoms with Crippen LogP contribution in [0, 0.1) is 16.7 Å². The fraction of sp³-hybridized carbons (Fsp3) is 0.333. The van der Waals surface area contributed by atoms with E-state index in [0.29, 0.717) is 17.8 Å². The minimum Gasteiger partial charge on any atom is -0.487 e. The number of nitroso groups, excluding NO2 is 1. The van der Waals surface area contributed by atoms with Crippen LogP contribution in [-0.2, 0) is 0 Å². The van der Waals surface area contributed by atoms with E-state index in [2.05, 4.69) is 50.2 Å². The molecule has 1 aromatic heterocycles. The Morgan fingerprint density at radius 2 is 1.61 bits per heavy atom. The molecule has 4 unspecified atom stereocenters. The lowest BCUT2D eigenvalue weighted by Crippen LogP contribution is -2.46. The van der Waals surface area contributed by atoms with Gasteiger partial charge < -0.3 is 4.74 Å². The smallest absolute Gasteiger partial charge is 0.142 e. The van der Waals surface area contributed by atoms with Crippen LogP contribution in [0.4, 0.5) is 0 Å². The Kier molecular flexibility index (Phi) is 5.26. The van der Waals surface area contributed by atoms with E-state index < -0.39 is 6.04 Å². The van der Waals surface area contributed by atoms with E-state index in [4.69, 9.17) is 14.7 Å². The summed E-state index contributed by atoms with van der Waals surface area (Å²) in [5.74, 6) is 2.48. The summed E-state index contributed by atoms with van der Waals surface area (Å²) < 4.78 is 6.86. The monoisotopic (exact) mass is 501 g/mol. The number of rotatable bonds is 3. The van der Waals surface area contributed by atoms with Gasteiger partial charge in [-0.3, -0.25) is 0 Å². The first-order valence-corrected chi connectivity index (χ1v) is 13.7. The third-order valence-corrected chi connectivity index (χ3v) is 8.89. The maximum Gasteiger partial charge on any atom is 0.142 e. The van der Waals surface area contributed by atoms with Gasteiger partial charge in [-0.05, 0) is 61.8 Å². The molecule has 190 valence electrons. The average molecular weight is 502 g/mol. The molecular formula is C33H31N3O2. The summed E-state index contributed by atoms with van der Waals surface area (Å²) in [7, 11) is 0. The summed E-state index contributed by atoms with van der Waals surface area (Å²) in [6.07, 6.45) is 3.54. The van der Waals surface area contributed by atoms with Crippen molar-refractivity contribution in [1.82, 2.24) is 9.97 Å². The summed E-state index contributed by atoms with van der Waals surface area (Å²) >= 11 is 0. The van der Waals surface area contributed by atoms with Gasteiger partial charge in [0.15, 0.2) is 0 Å². The van der Waals surface area contributed by atoms with Crippen molar-refractivity contribution in [2.75, 3.05) is 0 Å². The van der Waals surface area contributed by atoms with E-state index in [1.807, 2.05) is 48.5 Å². The molecule has 5 nitrogen and oxygen atoms in total. The predicted octanol–water partition coefficient (Wildman–Crippen LogP) is 8.48. The Balaban J connectivity index is 1.50. The van der Waals surface area contributed by atoms with Crippen LogP contribution < -0.4 is 4.74 Å². The second-order valence-electron chi connectivity index (χ2n) is 11.7. The van der Waals surface area contributed by atoms with Gasteiger partial charge in [-0.25, -0.2) is 9.97 Å². The first-order chi connectivity index (χ1) is 18.4. The molecule has 2 aliphatic rings. The van der Waals surface area contributed by atoms with Crippen molar-refractivity contribution in [3.05, 3.63) is 94.4 Å². The molecule has 2 heterocycles. The first-order valence-electron chi connectivity index (χ1n) is 13.7. The molecule has 5 heteroatoms. The molecule has 1 saturated carbocycles. The van der Waals surface area contributed by atoms with Gasteiger partial charge >= 0.3 is 0 Å². The van der Waals surface area contributed by atoms with Crippen LogP contribution in [0.2, 0.25) is 0 Å². The van der Waals surface area contributed by atoms with Crippen molar-refractivity contribution < 1.29 is 4.74 Å². The molecule has 4 atom stereocenters. The van der Waals surface area contributed by atoms with E-state index in [9.17, 15) is 4.91 Å². The lowest BCUT2D eigenvalue weighted by atomic mass is 9.64. The van der Waals surface area contributed by atoms with Gasteiger partial charge in [0, 0.05) is 22.3 Å². The van der Waals surface area contributed by atoms with E-state index >= 15 is 0 Å². The molecule has 38 heavy (non-hydrogen) atoms. The van der Waals surface area contributed by atoms with Crippen LogP contribution in [0.15, 0.2) is 78.0 Å². The second kappa shape index (κ2) is 8.59. The third-order valence-electron chi connectivity index (χ3n) is 8.89. The quantitative estimate of drug-likeness (QED) is 0.141. The minimum absolute atomic E-state index is 0.234. The number of nitrogens with zero attached hydrogens (tertiary/aromatic N) is 3. The van der Waals surface area contributed by atoms with Gasteiger partial charge in [0.05, 0.1) is 22.1 Å². The molecule has 5 aromatic rings. The van der Waals surface area contributed by atoms with Gasteiger partial charge in [-0.1, -0.05) is 79.2 Å². The fourth-order valence-corrected chi connectivity index (χ4v) is 7.03. The normalized spacial score (nSPS) is 23.0. The number of fused-ring (bicyclic) bond motifs is 9. The highest BCUT2D eigenvalue weighted by atomic mass is 16.5. The first kappa shape index (κ1) is 23.3. The largest absolute Gasteiger partial charge is 0.487 e. The van der Waals surface area contributed by atoms with Crippen molar-refractivity contribution in [2.24, 2.45) is 17.0 Å². The van der Waals surface area contributed by atoms with Crippen LogP contribution in [-0.4, -0.2) is 15.6 Å². The highest BCUT2D eigenvalue weighted by Gasteiger charge is 2.47. The van der Waals surface area contributed by atoms with Crippen LogP contribution >= 0.6 is 0 Å². The zero-order valence-electron chi connectivity index (χ0n) is 22.0. The highest BCUT2D eigenvalue weighted by Crippen LogP contribution is 2.56. The SMILES string of the molecule is CC1CCC2C(C1)c1c(c3ccccc3c3nc4cc(C(N=O)c5ccccc5)ccc4nc13)OC2(C)C. The Hall–Kier alpha value is -3.86. The average Bonchev–Trinajstić information content (AvgIpc) is 2.93. The Morgan fingerprint density at radius 1 is 0.868 bits per heavy atom. The maximum absolute atomic E-state index is 11.9. The zero-order valence-corrected chi connectivity index (χ0v) is 22.0. The number of aromatic nitrogens is 2. The summed E-state index contributed by atoms with van der Waals surface area (Å²) in [6.45, 7) is 6.87. The minimum atomic E-state index is -0.585. The van der Waals surface area contributed by atoms with Crippen molar-refractivity contribution in [1.29, 1.82) is 0 Å². The van der Waals surface area contributed by atoms with Gasteiger partial charge in [-0.15, -0.1) is 4.91 Å². The van der Waals surface area contributed by atoms with Gasteiger partial charge in [0.2, 0.25) is 0 Å². The molecule has 1 aliphatic carbocycles. The van der Waals surface area contributed by atoms with Gasteiger partial charge in [0.1, 0.15) is 17.4 Å². The Bertz CT molecular complexity index is 1710. The predicted molar refractivity (Wildman–Crippen MR) is 153 cm³/mol. The number of hydrogen-bond acceptors (Lipinski definition) is 5. The molecule has 0 bridgehead atoms. The zero-order chi connectivity index (χ0) is 26.0. The van der Waals surface area contributed by atoms with Crippen molar-refractivity contribution in [2.45, 2.75) is 57.6 Å². The molecule has 1 fully saturated rings. The maximum atomic E-state index is 11.9. The number of hydrogen-bond donors (Lipinski definition) is 0. The standard InChI is InChI=1S/C33H31N3O2/c1-19-13-15-25-24(17-19)28-31-30(22-11-7-8-12-23(22)32(28)38-33(25,2)3)35-27-18-21(14-16-26(27)34-31)29(36-37)20-9-5-4-6-10-20/h4-12,14,16,18-19,24-25,29H,13,15,17H2,1-3H3. The molecule has 0 saturated heterocycles. The van der Waals surface area contributed by atoms with Crippen LogP contribution in [0.3, 0.4) is 0 Å². The van der Waals surface area contributed by atoms with Crippen molar-refractivity contribution in [3.8, 4) is 5.75 Å². The molecule has 0 amide bonds. The summed E-state index contributed by atoms with van der Waals surface area (Å²) in [5.41, 5.74) is 6.13.